The summed E-state index contributed by atoms with van der Waals surface area (Å²) in [5.74, 6) is 1.48. The fourth-order valence-corrected chi connectivity index (χ4v) is 3.29. The molecular weight excluding hydrogens is 328 g/mol. The van der Waals surface area contributed by atoms with Gasteiger partial charge in [-0.3, -0.25) is 14.5 Å². The van der Waals surface area contributed by atoms with Gasteiger partial charge in [-0.1, -0.05) is 19.9 Å². The first kappa shape index (κ1) is 16.4. The van der Waals surface area contributed by atoms with Gasteiger partial charge < -0.3 is 5.32 Å². The van der Waals surface area contributed by atoms with E-state index in [0.717, 1.165) is 28.5 Å². The maximum atomic E-state index is 12.3. The summed E-state index contributed by atoms with van der Waals surface area (Å²) in [6, 6.07) is 7.61. The van der Waals surface area contributed by atoms with Gasteiger partial charge in [-0.15, -0.1) is 0 Å². The molecule has 1 aliphatic rings. The molecule has 1 amide bonds. The molecule has 7 nitrogen and oxygen atoms in total. The molecule has 3 aromatic rings. The largest absolute Gasteiger partial charge is 0.311 e. The molecule has 4 heterocycles. The van der Waals surface area contributed by atoms with Gasteiger partial charge in [0.15, 0.2) is 0 Å². The Morgan fingerprint density at radius 3 is 2.77 bits per heavy atom. The quantitative estimate of drug-likeness (QED) is 0.786. The Labute approximate surface area is 151 Å². The zero-order valence-electron chi connectivity index (χ0n) is 15.0. The molecular formula is C19H20N6O. The molecule has 0 fully saturated rings. The number of aryl methyl sites for hydroxylation is 1. The van der Waals surface area contributed by atoms with Crippen molar-refractivity contribution in [2.75, 3.05) is 5.32 Å². The molecule has 0 radical (unpaired) electrons. The number of nitrogens with zero attached hydrogens (tertiary/aromatic N) is 5. The van der Waals surface area contributed by atoms with E-state index in [-0.39, 0.29) is 17.7 Å². The van der Waals surface area contributed by atoms with Crippen LogP contribution in [0.1, 0.15) is 49.2 Å². The number of hydrogen-bond donors (Lipinski definition) is 1. The van der Waals surface area contributed by atoms with Gasteiger partial charge in [-0.05, 0) is 18.2 Å². The molecule has 1 unspecified atom stereocenters. The van der Waals surface area contributed by atoms with Crippen molar-refractivity contribution in [3.63, 3.8) is 0 Å². The third-order valence-electron chi connectivity index (χ3n) is 4.56. The Morgan fingerprint density at radius 1 is 1.19 bits per heavy atom. The highest BCUT2D eigenvalue weighted by Gasteiger charge is 2.34. The monoisotopic (exact) mass is 348 g/mol. The molecule has 1 atom stereocenters. The second-order valence-corrected chi connectivity index (χ2v) is 6.75. The molecule has 7 heteroatoms. The summed E-state index contributed by atoms with van der Waals surface area (Å²) in [5, 5.41) is 7.57. The van der Waals surface area contributed by atoms with Crippen molar-refractivity contribution in [3.8, 4) is 11.4 Å². The average Bonchev–Trinajstić information content (AvgIpc) is 2.98. The standard InChI is InChI=1S/C19H20N6O/c1-11(2)18-21-9-7-13(22-18)12-10-15(26)23-19-16(12)17(24-25(19)3)14-6-4-5-8-20-14/h4-9,11-12H,10H2,1-3H3,(H,23,26). The molecule has 0 bridgehead atoms. The van der Waals surface area contributed by atoms with Gasteiger partial charge >= 0.3 is 0 Å². The van der Waals surface area contributed by atoms with E-state index < -0.39 is 0 Å². The predicted octanol–water partition coefficient (Wildman–Crippen LogP) is 2.87. The third kappa shape index (κ3) is 2.75. The minimum Gasteiger partial charge on any atom is -0.311 e. The summed E-state index contributed by atoms with van der Waals surface area (Å²) < 4.78 is 1.70. The molecule has 1 N–H and O–H groups in total. The third-order valence-corrected chi connectivity index (χ3v) is 4.56. The number of hydrogen-bond acceptors (Lipinski definition) is 5. The minimum absolute atomic E-state index is 0.0391. The van der Waals surface area contributed by atoms with Crippen LogP contribution in [0.3, 0.4) is 0 Å². The number of pyridine rings is 1. The SMILES string of the molecule is CC(C)c1nccc(C2CC(=O)Nc3c2c(-c2ccccn2)nn3C)n1. The number of anilines is 1. The number of carbonyl (C=O) groups excluding carboxylic acids is 1. The zero-order chi connectivity index (χ0) is 18.3. The summed E-state index contributed by atoms with van der Waals surface area (Å²) in [6.07, 6.45) is 3.84. The normalized spacial score (nSPS) is 16.5. The predicted molar refractivity (Wildman–Crippen MR) is 97.6 cm³/mol. The molecule has 0 aromatic carbocycles. The van der Waals surface area contributed by atoms with E-state index in [0.29, 0.717) is 12.2 Å². The highest BCUT2D eigenvalue weighted by molar-refractivity contribution is 5.96. The van der Waals surface area contributed by atoms with Crippen molar-refractivity contribution < 1.29 is 4.79 Å². The van der Waals surface area contributed by atoms with E-state index in [1.165, 1.54) is 0 Å². The number of fused-ring (bicyclic) bond motifs is 1. The highest BCUT2D eigenvalue weighted by Crippen LogP contribution is 2.41. The molecule has 132 valence electrons. The smallest absolute Gasteiger partial charge is 0.226 e. The Hall–Kier alpha value is -3.09. The van der Waals surface area contributed by atoms with E-state index >= 15 is 0 Å². The number of carbonyl (C=O) groups is 1. The second-order valence-electron chi connectivity index (χ2n) is 6.75. The van der Waals surface area contributed by atoms with Gasteiger partial charge in [0.1, 0.15) is 17.3 Å². The lowest BCUT2D eigenvalue weighted by Gasteiger charge is -2.24. The average molecular weight is 348 g/mol. The molecule has 0 spiro atoms. The van der Waals surface area contributed by atoms with Crippen LogP contribution in [0, 0.1) is 0 Å². The van der Waals surface area contributed by atoms with E-state index in [1.807, 2.05) is 31.3 Å². The van der Waals surface area contributed by atoms with Crippen LogP contribution in [-0.4, -0.2) is 30.6 Å². The molecule has 0 aliphatic carbocycles. The van der Waals surface area contributed by atoms with Crippen LogP contribution in [0.5, 0.6) is 0 Å². The summed E-state index contributed by atoms with van der Waals surface area (Å²) >= 11 is 0. The van der Waals surface area contributed by atoms with Crippen molar-refractivity contribution in [2.24, 2.45) is 7.05 Å². The van der Waals surface area contributed by atoms with Crippen LogP contribution in [0.2, 0.25) is 0 Å². The summed E-state index contributed by atoms with van der Waals surface area (Å²) in [7, 11) is 1.83. The summed E-state index contributed by atoms with van der Waals surface area (Å²) in [4.78, 5) is 25.8. The first-order valence-corrected chi connectivity index (χ1v) is 8.65. The van der Waals surface area contributed by atoms with E-state index in [2.05, 4.69) is 34.2 Å². The maximum Gasteiger partial charge on any atom is 0.226 e. The van der Waals surface area contributed by atoms with Gasteiger partial charge in [-0.2, -0.15) is 5.10 Å². The fourth-order valence-electron chi connectivity index (χ4n) is 3.29. The van der Waals surface area contributed by atoms with Crippen molar-refractivity contribution in [2.45, 2.75) is 32.1 Å². The summed E-state index contributed by atoms with van der Waals surface area (Å²) in [5.41, 5.74) is 3.35. The highest BCUT2D eigenvalue weighted by atomic mass is 16.1. The number of nitrogens with one attached hydrogen (secondary N) is 1. The van der Waals surface area contributed by atoms with Crippen LogP contribution in [0.4, 0.5) is 5.82 Å². The minimum atomic E-state index is -0.176. The van der Waals surface area contributed by atoms with Crippen LogP contribution in [-0.2, 0) is 11.8 Å². The van der Waals surface area contributed by atoms with Gasteiger partial charge in [0.05, 0.1) is 11.4 Å². The Bertz CT molecular complexity index is 963. The Kier molecular flexibility index (Phi) is 3.99. The number of aromatic nitrogens is 5. The molecule has 1 aliphatic heterocycles. The van der Waals surface area contributed by atoms with Crippen molar-refractivity contribution in [1.82, 2.24) is 24.7 Å². The van der Waals surface area contributed by atoms with Gasteiger partial charge in [0, 0.05) is 43.3 Å². The van der Waals surface area contributed by atoms with Crippen molar-refractivity contribution in [3.05, 3.63) is 53.7 Å². The topological polar surface area (TPSA) is 85.6 Å². The van der Waals surface area contributed by atoms with Crippen LogP contribution >= 0.6 is 0 Å². The Balaban J connectivity index is 1.90. The van der Waals surface area contributed by atoms with E-state index in [9.17, 15) is 4.79 Å². The second kappa shape index (κ2) is 6.33. The maximum absolute atomic E-state index is 12.3. The first-order chi connectivity index (χ1) is 12.5. The molecule has 4 rings (SSSR count). The first-order valence-electron chi connectivity index (χ1n) is 8.65. The lowest BCUT2D eigenvalue weighted by Crippen LogP contribution is -2.25. The summed E-state index contributed by atoms with van der Waals surface area (Å²) in [6.45, 7) is 4.11. The number of rotatable bonds is 3. The zero-order valence-corrected chi connectivity index (χ0v) is 15.0. The molecule has 26 heavy (non-hydrogen) atoms. The fraction of sp³-hybridized carbons (Fsp3) is 0.316. The van der Waals surface area contributed by atoms with Crippen molar-refractivity contribution >= 4 is 11.7 Å². The van der Waals surface area contributed by atoms with Gasteiger partial charge in [-0.25, -0.2) is 9.97 Å². The lowest BCUT2D eigenvalue weighted by molar-refractivity contribution is -0.116. The van der Waals surface area contributed by atoms with Crippen LogP contribution in [0.15, 0.2) is 36.7 Å². The van der Waals surface area contributed by atoms with Gasteiger partial charge in [0.25, 0.3) is 0 Å². The Morgan fingerprint density at radius 2 is 2.04 bits per heavy atom. The van der Waals surface area contributed by atoms with Crippen LogP contribution in [0.25, 0.3) is 11.4 Å². The number of amides is 1. The van der Waals surface area contributed by atoms with E-state index in [4.69, 9.17) is 4.98 Å². The van der Waals surface area contributed by atoms with Gasteiger partial charge in [0.2, 0.25) is 5.91 Å². The van der Waals surface area contributed by atoms with Crippen molar-refractivity contribution in [1.29, 1.82) is 0 Å². The molecule has 0 saturated heterocycles. The van der Waals surface area contributed by atoms with Crippen LogP contribution < -0.4 is 5.32 Å². The lowest BCUT2D eigenvalue weighted by atomic mass is 9.88. The van der Waals surface area contributed by atoms with E-state index in [1.54, 1.807) is 17.1 Å². The molecule has 0 saturated carbocycles. The molecule has 3 aromatic heterocycles.